The first-order valence-electron chi connectivity index (χ1n) is 12.4. The number of benzene rings is 2. The van der Waals surface area contributed by atoms with E-state index in [-0.39, 0.29) is 19.1 Å². The maximum atomic E-state index is 12.0. The molecule has 37 heavy (non-hydrogen) atoms. The number of para-hydroxylation sites is 1. The van der Waals surface area contributed by atoms with Crippen molar-refractivity contribution in [3.8, 4) is 0 Å². The number of nitrogens with zero attached hydrogens (tertiary/aromatic N) is 3. The minimum absolute atomic E-state index is 0.0840. The van der Waals surface area contributed by atoms with Gasteiger partial charge in [0.15, 0.2) is 5.82 Å². The van der Waals surface area contributed by atoms with Crippen molar-refractivity contribution in [2.24, 2.45) is 0 Å². The molecule has 0 radical (unpaired) electrons. The number of ether oxygens (including phenoxy) is 1. The second-order valence-corrected chi connectivity index (χ2v) is 9.38. The first kappa shape index (κ1) is 24.3. The zero-order chi connectivity index (χ0) is 25.9. The Morgan fingerprint density at radius 3 is 2.54 bits per heavy atom. The SMILES string of the molecule is C=C(C)C(=O)NCCOC(=O)NCc1ccc(Cn2c(C3CC3)nc3c(N)nc4ccccc4c32)cc1. The Balaban J connectivity index is 1.25. The Labute approximate surface area is 214 Å². The minimum Gasteiger partial charge on any atom is -0.448 e. The van der Waals surface area contributed by atoms with Gasteiger partial charge in [-0.25, -0.2) is 14.8 Å². The topological polar surface area (TPSA) is 124 Å². The Bertz CT molecular complexity index is 1490. The van der Waals surface area contributed by atoms with Crippen LogP contribution in [0.1, 0.15) is 42.6 Å². The van der Waals surface area contributed by atoms with Crippen molar-refractivity contribution < 1.29 is 14.3 Å². The normalized spacial score (nSPS) is 13.0. The number of alkyl carbamates (subject to hydrolysis) is 1. The molecule has 0 saturated heterocycles. The molecule has 5 rings (SSSR count). The number of hydrogen-bond donors (Lipinski definition) is 3. The highest BCUT2D eigenvalue weighted by molar-refractivity contribution is 6.06. The van der Waals surface area contributed by atoms with Crippen LogP contribution < -0.4 is 16.4 Å². The molecule has 0 atom stereocenters. The van der Waals surface area contributed by atoms with E-state index in [0.717, 1.165) is 51.7 Å². The minimum atomic E-state index is -0.536. The van der Waals surface area contributed by atoms with Crippen LogP contribution in [0.4, 0.5) is 10.6 Å². The number of imidazole rings is 1. The van der Waals surface area contributed by atoms with Gasteiger partial charge in [0.2, 0.25) is 5.91 Å². The molecule has 2 heterocycles. The predicted octanol–water partition coefficient (Wildman–Crippen LogP) is 4.01. The molecule has 0 spiro atoms. The van der Waals surface area contributed by atoms with Crippen LogP contribution >= 0.6 is 0 Å². The summed E-state index contributed by atoms with van der Waals surface area (Å²) in [5.41, 5.74) is 11.4. The van der Waals surface area contributed by atoms with Gasteiger partial charge in [-0.05, 0) is 37.0 Å². The van der Waals surface area contributed by atoms with Gasteiger partial charge in [0.1, 0.15) is 17.9 Å². The van der Waals surface area contributed by atoms with E-state index in [4.69, 9.17) is 15.5 Å². The van der Waals surface area contributed by atoms with Crippen LogP contribution in [0.5, 0.6) is 0 Å². The first-order chi connectivity index (χ1) is 17.9. The number of anilines is 1. The lowest BCUT2D eigenvalue weighted by molar-refractivity contribution is -0.117. The monoisotopic (exact) mass is 498 g/mol. The summed E-state index contributed by atoms with van der Waals surface area (Å²) in [6.07, 6.45) is 1.73. The highest BCUT2D eigenvalue weighted by Gasteiger charge is 2.31. The molecule has 4 aromatic rings. The number of hydrogen-bond acceptors (Lipinski definition) is 6. The van der Waals surface area contributed by atoms with E-state index in [1.54, 1.807) is 6.92 Å². The lowest BCUT2D eigenvalue weighted by Crippen LogP contribution is -2.31. The molecule has 1 saturated carbocycles. The second-order valence-electron chi connectivity index (χ2n) is 9.38. The zero-order valence-corrected chi connectivity index (χ0v) is 20.8. The average molecular weight is 499 g/mol. The fourth-order valence-corrected chi connectivity index (χ4v) is 4.32. The van der Waals surface area contributed by atoms with Gasteiger partial charge in [-0.1, -0.05) is 49.0 Å². The van der Waals surface area contributed by atoms with E-state index in [1.807, 2.05) is 30.3 Å². The van der Waals surface area contributed by atoms with Crippen LogP contribution in [0.3, 0.4) is 0 Å². The first-order valence-corrected chi connectivity index (χ1v) is 12.4. The summed E-state index contributed by atoms with van der Waals surface area (Å²) >= 11 is 0. The molecule has 9 nitrogen and oxygen atoms in total. The smallest absolute Gasteiger partial charge is 0.407 e. The summed E-state index contributed by atoms with van der Waals surface area (Å²) in [7, 11) is 0. The Kier molecular flexibility index (Phi) is 6.76. The molecule has 9 heteroatoms. The third-order valence-electron chi connectivity index (χ3n) is 6.39. The molecule has 1 fully saturated rings. The summed E-state index contributed by atoms with van der Waals surface area (Å²) in [5.74, 6) is 1.72. The number of nitrogen functional groups attached to an aromatic ring is 1. The van der Waals surface area contributed by atoms with Crippen molar-refractivity contribution in [1.29, 1.82) is 0 Å². The standard InChI is InChI=1S/C28H30N6O3/c1-17(2)27(35)30-13-14-37-28(36)31-15-18-7-9-19(10-8-18)16-34-24-21-5-3-4-6-22(21)32-25(29)23(24)33-26(34)20-11-12-20/h3-10,20H,1,11-16H2,2H3,(H2,29,32)(H,30,35)(H,31,36). The maximum Gasteiger partial charge on any atom is 0.407 e. The Morgan fingerprint density at radius 2 is 1.81 bits per heavy atom. The van der Waals surface area contributed by atoms with Gasteiger partial charge in [-0.2, -0.15) is 0 Å². The molecule has 2 aromatic carbocycles. The number of carbonyl (C=O) groups is 2. The summed E-state index contributed by atoms with van der Waals surface area (Å²) in [6, 6.07) is 16.1. The van der Waals surface area contributed by atoms with Gasteiger partial charge in [0.25, 0.3) is 0 Å². The molecule has 190 valence electrons. The van der Waals surface area contributed by atoms with Crippen molar-refractivity contribution in [2.45, 2.75) is 38.8 Å². The van der Waals surface area contributed by atoms with Gasteiger partial charge in [0.05, 0.1) is 17.6 Å². The van der Waals surface area contributed by atoms with Crippen LogP contribution in [-0.4, -0.2) is 39.7 Å². The zero-order valence-electron chi connectivity index (χ0n) is 20.8. The van der Waals surface area contributed by atoms with Gasteiger partial charge >= 0.3 is 6.09 Å². The quantitative estimate of drug-likeness (QED) is 0.237. The maximum absolute atomic E-state index is 12.0. The Hall–Kier alpha value is -4.40. The van der Waals surface area contributed by atoms with Gasteiger partial charge in [0, 0.05) is 30.0 Å². The predicted molar refractivity (Wildman–Crippen MR) is 143 cm³/mol. The highest BCUT2D eigenvalue weighted by atomic mass is 16.5. The number of pyridine rings is 1. The van der Waals surface area contributed by atoms with Crippen molar-refractivity contribution in [2.75, 3.05) is 18.9 Å². The average Bonchev–Trinajstić information content (AvgIpc) is 3.67. The van der Waals surface area contributed by atoms with E-state index >= 15 is 0 Å². The molecular formula is C28H30N6O3. The lowest BCUT2D eigenvalue weighted by atomic mass is 10.1. The summed E-state index contributed by atoms with van der Waals surface area (Å²) < 4.78 is 7.38. The number of nitrogens with two attached hydrogens (primary N) is 1. The van der Waals surface area contributed by atoms with Crippen LogP contribution in [0, 0.1) is 0 Å². The van der Waals surface area contributed by atoms with Crippen LogP contribution in [0.25, 0.3) is 21.9 Å². The number of rotatable bonds is 9. The molecule has 1 aliphatic carbocycles. The van der Waals surface area contributed by atoms with E-state index in [0.29, 0.717) is 30.4 Å². The second kappa shape index (κ2) is 10.3. The van der Waals surface area contributed by atoms with E-state index in [9.17, 15) is 9.59 Å². The molecule has 0 unspecified atom stereocenters. The van der Waals surface area contributed by atoms with Gasteiger partial charge in [-0.3, -0.25) is 4.79 Å². The summed E-state index contributed by atoms with van der Waals surface area (Å²) in [4.78, 5) is 32.9. The molecular weight excluding hydrogens is 468 g/mol. The van der Waals surface area contributed by atoms with Crippen molar-refractivity contribution >= 4 is 39.8 Å². The fourth-order valence-electron chi connectivity index (χ4n) is 4.32. The van der Waals surface area contributed by atoms with Crippen molar-refractivity contribution in [1.82, 2.24) is 25.2 Å². The molecule has 0 bridgehead atoms. The van der Waals surface area contributed by atoms with E-state index < -0.39 is 6.09 Å². The van der Waals surface area contributed by atoms with Crippen LogP contribution in [-0.2, 0) is 22.6 Å². The van der Waals surface area contributed by atoms with Crippen LogP contribution in [0.2, 0.25) is 0 Å². The number of fused-ring (bicyclic) bond motifs is 3. The van der Waals surface area contributed by atoms with Gasteiger partial charge < -0.3 is 25.7 Å². The molecule has 4 N–H and O–H groups in total. The molecule has 2 aromatic heterocycles. The largest absolute Gasteiger partial charge is 0.448 e. The summed E-state index contributed by atoms with van der Waals surface area (Å²) in [5, 5.41) is 6.39. The van der Waals surface area contributed by atoms with E-state index in [1.165, 1.54) is 0 Å². The number of amides is 2. The molecule has 1 aliphatic rings. The number of nitrogens with one attached hydrogen (secondary N) is 2. The molecule has 2 amide bonds. The highest BCUT2D eigenvalue weighted by Crippen LogP contribution is 2.42. The van der Waals surface area contributed by atoms with Crippen molar-refractivity contribution in [3.05, 3.63) is 77.6 Å². The molecule has 0 aliphatic heterocycles. The Morgan fingerprint density at radius 1 is 1.08 bits per heavy atom. The van der Waals surface area contributed by atoms with Crippen LogP contribution in [0.15, 0.2) is 60.7 Å². The van der Waals surface area contributed by atoms with Gasteiger partial charge in [-0.15, -0.1) is 0 Å². The third-order valence-corrected chi connectivity index (χ3v) is 6.39. The summed E-state index contributed by atoms with van der Waals surface area (Å²) in [6.45, 7) is 6.50. The lowest BCUT2D eigenvalue weighted by Gasteiger charge is -2.12. The van der Waals surface area contributed by atoms with E-state index in [2.05, 4.69) is 45.0 Å². The fraction of sp³-hybridized carbons (Fsp3) is 0.286. The van der Waals surface area contributed by atoms with Crippen molar-refractivity contribution in [3.63, 3.8) is 0 Å². The number of carbonyl (C=O) groups excluding carboxylic acids is 2. The number of aromatic nitrogens is 3. The third kappa shape index (κ3) is 5.40.